The van der Waals surface area contributed by atoms with Gasteiger partial charge >= 0.3 is 5.69 Å². The molecule has 1 aliphatic rings. The van der Waals surface area contributed by atoms with Gasteiger partial charge in [-0.05, 0) is 54.1 Å². The lowest BCUT2D eigenvalue weighted by Gasteiger charge is -2.35. The highest BCUT2D eigenvalue weighted by molar-refractivity contribution is 5.92. The third kappa shape index (κ3) is 5.97. The van der Waals surface area contributed by atoms with Gasteiger partial charge in [0.2, 0.25) is 11.9 Å². The maximum Gasteiger partial charge on any atom is 0.332 e. The van der Waals surface area contributed by atoms with Crippen molar-refractivity contribution in [2.45, 2.75) is 6.54 Å². The van der Waals surface area contributed by atoms with Gasteiger partial charge in [-0.2, -0.15) is 4.98 Å². The van der Waals surface area contributed by atoms with Gasteiger partial charge in [0.25, 0.3) is 5.56 Å². The molecule has 0 atom stereocenters. The van der Waals surface area contributed by atoms with Crippen molar-refractivity contribution in [1.29, 1.82) is 0 Å². The quantitative estimate of drug-likeness (QED) is 0.293. The number of benzene rings is 3. The van der Waals surface area contributed by atoms with Gasteiger partial charge in [0.1, 0.15) is 17.3 Å². The number of amides is 1. The van der Waals surface area contributed by atoms with E-state index in [-0.39, 0.29) is 30.5 Å². The largest absolute Gasteiger partial charge is 0.457 e. The molecule has 0 saturated carbocycles. The number of halogens is 1. The standard InChI is InChI=1S/C32H32FN7O4/c1-36-29-28(30(42)37(2)32(36)43)40(20-22-8-10-23(33)11-9-22)31(35-29)39-18-16-38(17-19-39)21-27(41)34-24-12-14-26(15-13-24)44-25-6-4-3-5-7-25/h3-15H,16-21H2,1-2H3,(H,34,41). The van der Waals surface area contributed by atoms with E-state index in [1.54, 1.807) is 35.9 Å². The van der Waals surface area contributed by atoms with Crippen LogP contribution in [0.15, 0.2) is 88.5 Å². The maximum atomic E-state index is 13.6. The van der Waals surface area contributed by atoms with E-state index < -0.39 is 11.2 Å². The van der Waals surface area contributed by atoms with Gasteiger partial charge in [0, 0.05) is 46.0 Å². The lowest BCUT2D eigenvalue weighted by Crippen LogP contribution is -2.49. The van der Waals surface area contributed by atoms with Crippen molar-refractivity contribution in [2.75, 3.05) is 42.9 Å². The lowest BCUT2D eigenvalue weighted by atomic mass is 10.2. The molecule has 0 unspecified atom stereocenters. The second kappa shape index (κ2) is 12.2. The molecule has 1 saturated heterocycles. The molecule has 0 aliphatic carbocycles. The van der Waals surface area contributed by atoms with E-state index in [4.69, 9.17) is 9.72 Å². The number of carbonyl (C=O) groups excluding carboxylic acids is 1. The Morgan fingerprint density at radius 3 is 2.20 bits per heavy atom. The minimum absolute atomic E-state index is 0.128. The van der Waals surface area contributed by atoms with Gasteiger partial charge in [0.05, 0.1) is 13.1 Å². The van der Waals surface area contributed by atoms with Gasteiger partial charge in [0.15, 0.2) is 11.2 Å². The Balaban J connectivity index is 1.13. The molecule has 11 nitrogen and oxygen atoms in total. The Morgan fingerprint density at radius 1 is 0.864 bits per heavy atom. The van der Waals surface area contributed by atoms with Crippen LogP contribution in [0.25, 0.3) is 11.2 Å². The highest BCUT2D eigenvalue weighted by atomic mass is 19.1. The van der Waals surface area contributed by atoms with E-state index in [1.165, 1.54) is 23.7 Å². The van der Waals surface area contributed by atoms with E-state index >= 15 is 0 Å². The fourth-order valence-corrected chi connectivity index (χ4v) is 5.34. The Kier molecular flexibility index (Phi) is 7.99. The molecule has 3 aromatic carbocycles. The fourth-order valence-electron chi connectivity index (χ4n) is 5.34. The number of carbonyl (C=O) groups is 1. The molecule has 1 N–H and O–H groups in total. The number of nitrogens with one attached hydrogen (secondary N) is 1. The number of rotatable bonds is 8. The summed E-state index contributed by atoms with van der Waals surface area (Å²) in [5.74, 6) is 1.48. The first kappa shape index (κ1) is 28.9. The summed E-state index contributed by atoms with van der Waals surface area (Å²) in [4.78, 5) is 47.6. The molecule has 0 radical (unpaired) electrons. The predicted molar refractivity (Wildman–Crippen MR) is 166 cm³/mol. The number of anilines is 2. The summed E-state index contributed by atoms with van der Waals surface area (Å²) in [6.45, 7) is 2.79. The van der Waals surface area contributed by atoms with E-state index in [9.17, 15) is 18.8 Å². The van der Waals surface area contributed by atoms with Crippen LogP contribution >= 0.6 is 0 Å². The van der Waals surface area contributed by atoms with E-state index in [0.29, 0.717) is 49.1 Å². The van der Waals surface area contributed by atoms with Crippen molar-refractivity contribution in [3.8, 4) is 11.5 Å². The summed E-state index contributed by atoms with van der Waals surface area (Å²) >= 11 is 0. The first-order valence-corrected chi connectivity index (χ1v) is 14.3. The number of aryl methyl sites for hydroxylation is 1. The van der Waals surface area contributed by atoms with Crippen LogP contribution in [0.2, 0.25) is 0 Å². The molecule has 226 valence electrons. The van der Waals surface area contributed by atoms with E-state index in [1.807, 2.05) is 47.4 Å². The van der Waals surface area contributed by atoms with Crippen molar-refractivity contribution >= 4 is 28.7 Å². The third-order valence-electron chi connectivity index (χ3n) is 7.72. The van der Waals surface area contributed by atoms with Crippen LogP contribution < -0.4 is 26.2 Å². The molecular formula is C32H32FN7O4. The van der Waals surface area contributed by atoms with Crippen molar-refractivity contribution in [3.63, 3.8) is 0 Å². The molecular weight excluding hydrogens is 565 g/mol. The summed E-state index contributed by atoms with van der Waals surface area (Å²) in [5, 5.41) is 2.94. The number of para-hydroxylation sites is 1. The predicted octanol–water partition coefficient (Wildman–Crippen LogP) is 3.17. The molecule has 0 spiro atoms. The second-order valence-electron chi connectivity index (χ2n) is 10.8. The minimum Gasteiger partial charge on any atom is -0.457 e. The molecule has 1 fully saturated rings. The number of ether oxygens (including phenoxy) is 1. The SMILES string of the molecule is Cn1c(=O)c2c(nc(N3CCN(CC(=O)Nc4ccc(Oc5ccccc5)cc4)CC3)n2Cc2ccc(F)cc2)n(C)c1=O. The molecule has 1 amide bonds. The molecule has 1 aliphatic heterocycles. The average molecular weight is 598 g/mol. The first-order chi connectivity index (χ1) is 21.3. The Hall–Kier alpha value is -5.23. The van der Waals surface area contributed by atoms with Gasteiger partial charge in [-0.1, -0.05) is 30.3 Å². The zero-order valence-electron chi connectivity index (χ0n) is 24.4. The Labute approximate surface area is 252 Å². The number of hydrogen-bond acceptors (Lipinski definition) is 7. The van der Waals surface area contributed by atoms with Crippen LogP contribution in [0.5, 0.6) is 11.5 Å². The van der Waals surface area contributed by atoms with Gasteiger partial charge in [-0.3, -0.25) is 28.2 Å². The van der Waals surface area contributed by atoms with Crippen molar-refractivity contribution in [3.05, 3.63) is 111 Å². The minimum atomic E-state index is -0.463. The van der Waals surface area contributed by atoms with Gasteiger partial charge in [-0.15, -0.1) is 0 Å². The zero-order valence-corrected chi connectivity index (χ0v) is 24.4. The summed E-state index contributed by atoms with van der Waals surface area (Å²) < 4.78 is 23.6. The molecule has 2 aromatic heterocycles. The molecule has 12 heteroatoms. The van der Waals surface area contributed by atoms with Crippen molar-refractivity contribution in [1.82, 2.24) is 23.6 Å². The molecule has 3 heterocycles. The molecule has 0 bridgehead atoms. The number of aromatic nitrogens is 4. The normalized spacial score (nSPS) is 13.8. The van der Waals surface area contributed by atoms with Crippen molar-refractivity contribution < 1.29 is 13.9 Å². The highest BCUT2D eigenvalue weighted by Crippen LogP contribution is 2.24. The second-order valence-corrected chi connectivity index (χ2v) is 10.8. The number of imidazole rings is 1. The van der Waals surface area contributed by atoms with Crippen LogP contribution in [0.4, 0.5) is 16.0 Å². The van der Waals surface area contributed by atoms with Gasteiger partial charge in [-0.25, -0.2) is 9.18 Å². The van der Waals surface area contributed by atoms with Crippen LogP contribution in [0.1, 0.15) is 5.56 Å². The number of hydrogen-bond donors (Lipinski definition) is 1. The molecule has 5 aromatic rings. The number of nitrogens with zero attached hydrogens (tertiary/aromatic N) is 6. The fraction of sp³-hybridized carbons (Fsp3) is 0.250. The zero-order chi connectivity index (χ0) is 30.8. The third-order valence-corrected chi connectivity index (χ3v) is 7.72. The highest BCUT2D eigenvalue weighted by Gasteiger charge is 2.26. The smallest absolute Gasteiger partial charge is 0.332 e. The molecule has 6 rings (SSSR count). The summed E-state index contributed by atoms with van der Waals surface area (Å²) in [6, 6.07) is 22.8. The first-order valence-electron chi connectivity index (χ1n) is 14.3. The summed E-state index contributed by atoms with van der Waals surface area (Å²) in [6.07, 6.45) is 0. The summed E-state index contributed by atoms with van der Waals surface area (Å²) in [5.41, 5.74) is 1.15. The number of piperazine rings is 1. The summed E-state index contributed by atoms with van der Waals surface area (Å²) in [7, 11) is 3.03. The lowest BCUT2D eigenvalue weighted by molar-refractivity contribution is -0.117. The average Bonchev–Trinajstić information content (AvgIpc) is 3.41. The van der Waals surface area contributed by atoms with Crippen LogP contribution in [0, 0.1) is 5.82 Å². The maximum absolute atomic E-state index is 13.6. The Morgan fingerprint density at radius 2 is 1.52 bits per heavy atom. The van der Waals surface area contributed by atoms with Gasteiger partial charge < -0.3 is 15.0 Å². The van der Waals surface area contributed by atoms with Crippen LogP contribution in [0.3, 0.4) is 0 Å². The monoisotopic (exact) mass is 597 g/mol. The van der Waals surface area contributed by atoms with Crippen LogP contribution in [-0.4, -0.2) is 62.2 Å². The number of fused-ring (bicyclic) bond motifs is 1. The van der Waals surface area contributed by atoms with E-state index in [0.717, 1.165) is 15.9 Å². The van der Waals surface area contributed by atoms with Crippen LogP contribution in [-0.2, 0) is 25.4 Å². The van der Waals surface area contributed by atoms with Crippen molar-refractivity contribution in [2.24, 2.45) is 14.1 Å². The van der Waals surface area contributed by atoms with E-state index in [2.05, 4.69) is 10.2 Å². The Bertz CT molecular complexity index is 1910. The topological polar surface area (TPSA) is 107 Å². The molecule has 44 heavy (non-hydrogen) atoms.